The van der Waals surface area contributed by atoms with Crippen LogP contribution in [0.15, 0.2) is 24.5 Å². The summed E-state index contributed by atoms with van der Waals surface area (Å²) in [5.41, 5.74) is 0.937. The second kappa shape index (κ2) is 4.78. The Hall–Kier alpha value is -0.880. The molecule has 0 atom stereocenters. The van der Waals surface area contributed by atoms with Crippen molar-refractivity contribution in [2.24, 2.45) is 0 Å². The standard InChI is InChI=1S/C11H10N2O3.Na/c14-11(15)7-1-2-13-9(3-7)4-12-10(13)8-5-16-6-8;/h1-4,8H,5-6H2,(H,14,15);/q;+1/p-1. The number of ether oxygens (including phenoxy) is 1. The zero-order valence-corrected chi connectivity index (χ0v) is 11.4. The Morgan fingerprint density at radius 1 is 1.53 bits per heavy atom. The van der Waals surface area contributed by atoms with Crippen LogP contribution in [0.1, 0.15) is 22.1 Å². The van der Waals surface area contributed by atoms with Gasteiger partial charge in [-0.2, -0.15) is 0 Å². The summed E-state index contributed by atoms with van der Waals surface area (Å²) in [6, 6.07) is 3.08. The summed E-state index contributed by atoms with van der Waals surface area (Å²) in [4.78, 5) is 15.0. The van der Waals surface area contributed by atoms with E-state index < -0.39 is 5.97 Å². The molecule has 17 heavy (non-hydrogen) atoms. The minimum Gasteiger partial charge on any atom is -0.545 e. The van der Waals surface area contributed by atoms with Gasteiger partial charge in [0.05, 0.1) is 36.8 Å². The van der Waals surface area contributed by atoms with Crippen LogP contribution < -0.4 is 34.7 Å². The molecule has 0 aliphatic carbocycles. The average Bonchev–Trinajstić information content (AvgIpc) is 2.59. The smallest absolute Gasteiger partial charge is 0.545 e. The van der Waals surface area contributed by atoms with Crippen molar-refractivity contribution < 1.29 is 44.2 Å². The normalized spacial score (nSPS) is 15.3. The minimum absolute atomic E-state index is 0. The number of fused-ring (bicyclic) bond motifs is 1. The Morgan fingerprint density at radius 2 is 2.29 bits per heavy atom. The largest absolute Gasteiger partial charge is 1.00 e. The molecule has 6 heteroatoms. The van der Waals surface area contributed by atoms with E-state index in [-0.39, 0.29) is 35.1 Å². The third-order valence-corrected chi connectivity index (χ3v) is 2.80. The van der Waals surface area contributed by atoms with Gasteiger partial charge in [0.2, 0.25) is 0 Å². The molecule has 5 nitrogen and oxygen atoms in total. The van der Waals surface area contributed by atoms with Gasteiger partial charge in [-0.1, -0.05) is 0 Å². The van der Waals surface area contributed by atoms with Crippen LogP contribution >= 0.6 is 0 Å². The zero-order valence-electron chi connectivity index (χ0n) is 9.42. The number of pyridine rings is 1. The van der Waals surface area contributed by atoms with Crippen LogP contribution in [0.4, 0.5) is 0 Å². The van der Waals surface area contributed by atoms with Crippen molar-refractivity contribution >= 4 is 11.5 Å². The van der Waals surface area contributed by atoms with Gasteiger partial charge in [0.15, 0.2) is 0 Å². The summed E-state index contributed by atoms with van der Waals surface area (Å²) in [6.45, 7) is 1.36. The third kappa shape index (κ3) is 2.11. The summed E-state index contributed by atoms with van der Waals surface area (Å²) in [7, 11) is 0. The van der Waals surface area contributed by atoms with E-state index in [1.54, 1.807) is 18.5 Å². The molecule has 0 spiro atoms. The summed E-state index contributed by atoms with van der Waals surface area (Å²) in [5, 5.41) is 10.7. The fourth-order valence-corrected chi connectivity index (χ4v) is 1.83. The predicted molar refractivity (Wildman–Crippen MR) is 53.1 cm³/mol. The van der Waals surface area contributed by atoms with Gasteiger partial charge < -0.3 is 19.0 Å². The molecule has 2 aromatic heterocycles. The first-order valence-corrected chi connectivity index (χ1v) is 5.02. The average molecular weight is 240 g/mol. The molecule has 0 amide bonds. The Labute approximate surface area is 120 Å². The Bertz CT molecular complexity index is 563. The molecule has 3 rings (SSSR count). The van der Waals surface area contributed by atoms with E-state index in [0.717, 1.165) is 11.3 Å². The van der Waals surface area contributed by atoms with E-state index >= 15 is 0 Å². The van der Waals surface area contributed by atoms with Crippen LogP contribution in [0.3, 0.4) is 0 Å². The van der Waals surface area contributed by atoms with E-state index in [1.807, 2.05) is 4.40 Å². The van der Waals surface area contributed by atoms with E-state index in [2.05, 4.69) is 4.98 Å². The van der Waals surface area contributed by atoms with E-state index in [0.29, 0.717) is 19.1 Å². The van der Waals surface area contributed by atoms with Crippen molar-refractivity contribution in [3.63, 3.8) is 0 Å². The number of aromatic carboxylic acids is 1. The number of hydrogen-bond donors (Lipinski definition) is 0. The maximum absolute atomic E-state index is 10.7. The van der Waals surface area contributed by atoms with Crippen molar-refractivity contribution in [2.75, 3.05) is 13.2 Å². The number of hydrogen-bond acceptors (Lipinski definition) is 4. The molecule has 1 fully saturated rings. The molecular weight excluding hydrogens is 231 g/mol. The minimum atomic E-state index is -1.17. The van der Waals surface area contributed by atoms with E-state index in [4.69, 9.17) is 4.74 Å². The molecule has 0 N–H and O–H groups in total. The maximum Gasteiger partial charge on any atom is 1.00 e. The number of imidazole rings is 1. The first kappa shape index (κ1) is 12.6. The van der Waals surface area contributed by atoms with Crippen LogP contribution in [0.2, 0.25) is 0 Å². The van der Waals surface area contributed by atoms with Gasteiger partial charge in [-0.05, 0) is 12.1 Å². The molecular formula is C11H9N2NaO3. The summed E-state index contributed by atoms with van der Waals surface area (Å²) >= 11 is 0. The fraction of sp³-hybridized carbons (Fsp3) is 0.273. The fourth-order valence-electron chi connectivity index (χ4n) is 1.83. The Kier molecular flexibility index (Phi) is 3.53. The first-order chi connectivity index (χ1) is 7.75. The summed E-state index contributed by atoms with van der Waals surface area (Å²) in [5.74, 6) is 0.0691. The molecule has 0 aromatic carbocycles. The van der Waals surface area contributed by atoms with Gasteiger partial charge in [0.1, 0.15) is 5.82 Å². The quantitative estimate of drug-likeness (QED) is 0.519. The number of nitrogens with zero attached hydrogens (tertiary/aromatic N) is 2. The topological polar surface area (TPSA) is 66.7 Å². The first-order valence-electron chi connectivity index (χ1n) is 5.02. The van der Waals surface area contributed by atoms with Crippen LogP contribution in [0.5, 0.6) is 0 Å². The summed E-state index contributed by atoms with van der Waals surface area (Å²) in [6.07, 6.45) is 3.38. The van der Waals surface area contributed by atoms with Gasteiger partial charge in [0.25, 0.3) is 0 Å². The van der Waals surface area contributed by atoms with Crippen LogP contribution in [0, 0.1) is 0 Å². The third-order valence-electron chi connectivity index (χ3n) is 2.80. The molecule has 1 aliphatic heterocycles. The van der Waals surface area contributed by atoms with Crippen LogP contribution in [-0.4, -0.2) is 28.6 Å². The predicted octanol–water partition coefficient (Wildman–Crippen LogP) is -3.18. The number of carbonyl (C=O) groups is 1. The zero-order chi connectivity index (χ0) is 11.1. The van der Waals surface area contributed by atoms with Crippen molar-refractivity contribution in [3.05, 3.63) is 35.9 Å². The monoisotopic (exact) mass is 240 g/mol. The van der Waals surface area contributed by atoms with Crippen LogP contribution in [0.25, 0.3) is 5.52 Å². The van der Waals surface area contributed by atoms with Crippen molar-refractivity contribution in [3.8, 4) is 0 Å². The number of aromatic nitrogens is 2. The molecule has 0 radical (unpaired) electrons. The molecule has 3 heterocycles. The number of carbonyl (C=O) groups excluding carboxylic acids is 1. The van der Waals surface area contributed by atoms with Crippen molar-refractivity contribution in [1.82, 2.24) is 9.38 Å². The van der Waals surface area contributed by atoms with Crippen LogP contribution in [-0.2, 0) is 4.74 Å². The number of carboxylic acid groups (broad SMARTS) is 1. The molecule has 0 saturated carbocycles. The number of carboxylic acids is 1. The molecule has 0 unspecified atom stereocenters. The van der Waals surface area contributed by atoms with Crippen molar-refractivity contribution in [2.45, 2.75) is 5.92 Å². The van der Waals surface area contributed by atoms with Gasteiger partial charge in [-0.3, -0.25) is 0 Å². The van der Waals surface area contributed by atoms with Gasteiger partial charge in [0, 0.05) is 11.8 Å². The number of rotatable bonds is 2. The SMILES string of the molecule is O=C([O-])c1ccn2c(C3COC3)ncc2c1.[Na+]. The second-order valence-corrected chi connectivity index (χ2v) is 3.85. The van der Waals surface area contributed by atoms with E-state index in [9.17, 15) is 9.90 Å². The Morgan fingerprint density at radius 3 is 2.88 bits per heavy atom. The molecule has 2 aromatic rings. The molecule has 82 valence electrons. The van der Waals surface area contributed by atoms with Gasteiger partial charge >= 0.3 is 29.6 Å². The molecule has 1 aliphatic rings. The van der Waals surface area contributed by atoms with Gasteiger partial charge in [-0.25, -0.2) is 4.98 Å². The van der Waals surface area contributed by atoms with Gasteiger partial charge in [-0.15, -0.1) is 0 Å². The van der Waals surface area contributed by atoms with Crippen molar-refractivity contribution in [1.29, 1.82) is 0 Å². The molecule has 1 saturated heterocycles. The molecule has 0 bridgehead atoms. The second-order valence-electron chi connectivity index (χ2n) is 3.85. The summed E-state index contributed by atoms with van der Waals surface area (Å²) < 4.78 is 7.00. The maximum atomic E-state index is 10.7. The Balaban J connectivity index is 0.00000108. The van der Waals surface area contributed by atoms with E-state index in [1.165, 1.54) is 6.07 Å².